The molecular weight excluding hydrogens is 280 g/mol. The van der Waals surface area contributed by atoms with Gasteiger partial charge in [0, 0.05) is 4.47 Å². The Morgan fingerprint density at radius 1 is 1.18 bits per heavy atom. The summed E-state index contributed by atoms with van der Waals surface area (Å²) in [6.45, 7) is 0. The van der Waals surface area contributed by atoms with Crippen molar-refractivity contribution in [1.82, 2.24) is 0 Å². The Balaban J connectivity index is 2.59. The lowest BCUT2D eigenvalue weighted by Gasteiger charge is -2.26. The molecule has 0 atom stereocenters. The molecule has 0 radical (unpaired) electrons. The van der Waals surface area contributed by atoms with Gasteiger partial charge in [0.25, 0.3) is 0 Å². The van der Waals surface area contributed by atoms with Crippen LogP contribution in [0, 0.1) is 5.41 Å². The summed E-state index contributed by atoms with van der Waals surface area (Å²) in [4.78, 5) is 22.6. The van der Waals surface area contributed by atoms with Crippen LogP contribution in [0.15, 0.2) is 47.0 Å². The van der Waals surface area contributed by atoms with Gasteiger partial charge in [0.2, 0.25) is 0 Å². The first-order valence-corrected chi connectivity index (χ1v) is 6.08. The highest BCUT2D eigenvalue weighted by molar-refractivity contribution is 9.10. The Morgan fingerprint density at radius 2 is 1.88 bits per heavy atom. The lowest BCUT2D eigenvalue weighted by atomic mass is 9.74. The van der Waals surface area contributed by atoms with Crippen LogP contribution in [-0.4, -0.2) is 12.6 Å². The predicted octanol–water partition coefficient (Wildman–Crippen LogP) is 3.18. The van der Waals surface area contributed by atoms with Crippen LogP contribution in [0.2, 0.25) is 0 Å². The number of carbonyl (C=O) groups is 2. The van der Waals surface area contributed by atoms with Crippen molar-refractivity contribution < 1.29 is 9.59 Å². The Kier molecular flexibility index (Phi) is 3.38. The summed E-state index contributed by atoms with van der Waals surface area (Å²) in [6, 6.07) is 7.58. The molecule has 0 aromatic heterocycles. The highest BCUT2D eigenvalue weighted by Crippen LogP contribution is 2.40. The van der Waals surface area contributed by atoms with Gasteiger partial charge in [-0.2, -0.15) is 0 Å². The topological polar surface area (TPSA) is 34.1 Å². The zero-order valence-corrected chi connectivity index (χ0v) is 10.7. The zero-order valence-electron chi connectivity index (χ0n) is 9.10. The summed E-state index contributed by atoms with van der Waals surface area (Å²) in [7, 11) is 0. The van der Waals surface area contributed by atoms with E-state index in [1.165, 1.54) is 0 Å². The molecule has 0 amide bonds. The van der Waals surface area contributed by atoms with Crippen molar-refractivity contribution in [2.75, 3.05) is 0 Å². The number of hydrogen-bond donors (Lipinski definition) is 0. The average molecular weight is 291 g/mol. The maximum atomic E-state index is 11.3. The number of carbonyl (C=O) groups excluding carboxylic acids is 2. The number of allylic oxidation sites excluding steroid dienone is 4. The molecule has 0 saturated heterocycles. The van der Waals surface area contributed by atoms with Crippen LogP contribution >= 0.6 is 15.9 Å². The van der Waals surface area contributed by atoms with Gasteiger partial charge in [-0.3, -0.25) is 0 Å². The fourth-order valence-corrected chi connectivity index (χ4v) is 2.46. The highest BCUT2D eigenvalue weighted by atomic mass is 79.9. The second-order valence-corrected chi connectivity index (χ2v) is 4.82. The number of hydrogen-bond acceptors (Lipinski definition) is 2. The third-order valence-electron chi connectivity index (χ3n) is 2.94. The smallest absolute Gasteiger partial charge is 0.138 e. The third-order valence-corrected chi connectivity index (χ3v) is 3.63. The van der Waals surface area contributed by atoms with Crippen molar-refractivity contribution in [3.8, 4) is 0 Å². The van der Waals surface area contributed by atoms with Crippen LogP contribution in [0.3, 0.4) is 0 Å². The van der Waals surface area contributed by atoms with Gasteiger partial charge >= 0.3 is 0 Å². The molecule has 1 aromatic rings. The van der Waals surface area contributed by atoms with Crippen LogP contribution in [0.25, 0.3) is 5.57 Å². The Labute approximate surface area is 108 Å². The summed E-state index contributed by atoms with van der Waals surface area (Å²) < 4.78 is 0.884. The molecule has 17 heavy (non-hydrogen) atoms. The summed E-state index contributed by atoms with van der Waals surface area (Å²) in [5, 5.41) is 0. The van der Waals surface area contributed by atoms with Crippen LogP contribution < -0.4 is 0 Å². The largest absolute Gasteiger partial charge is 0.302 e. The van der Waals surface area contributed by atoms with Crippen LogP contribution in [0.1, 0.15) is 12.0 Å². The molecule has 86 valence electrons. The third kappa shape index (κ3) is 2.03. The van der Waals surface area contributed by atoms with Gasteiger partial charge in [-0.1, -0.05) is 52.4 Å². The molecule has 3 heteroatoms. The number of halogens is 1. The lowest BCUT2D eigenvalue weighted by Crippen LogP contribution is -2.27. The minimum atomic E-state index is -1.04. The van der Waals surface area contributed by atoms with E-state index in [0.29, 0.717) is 6.42 Å². The van der Waals surface area contributed by atoms with E-state index in [-0.39, 0.29) is 0 Å². The standard InChI is InChI=1S/C14H11BrO2/c15-13-7-2-1-5-11(13)12-6-3-4-8-14(12,9-16)10-17/h1-7,9-10H,8H2. The maximum Gasteiger partial charge on any atom is 0.138 e. The first-order valence-electron chi connectivity index (χ1n) is 5.28. The first kappa shape index (κ1) is 12.0. The molecule has 0 aliphatic heterocycles. The van der Waals surface area contributed by atoms with Crippen molar-refractivity contribution in [2.45, 2.75) is 6.42 Å². The van der Waals surface area contributed by atoms with Crippen molar-refractivity contribution in [3.05, 3.63) is 52.5 Å². The molecule has 0 spiro atoms. The molecule has 0 bridgehead atoms. The molecule has 0 N–H and O–H groups in total. The predicted molar refractivity (Wildman–Crippen MR) is 70.4 cm³/mol. The molecule has 0 saturated carbocycles. The van der Waals surface area contributed by atoms with Gasteiger partial charge in [0.15, 0.2) is 0 Å². The zero-order chi connectivity index (χ0) is 12.3. The minimum absolute atomic E-state index is 0.424. The quantitative estimate of drug-likeness (QED) is 0.633. The van der Waals surface area contributed by atoms with E-state index in [1.54, 1.807) is 0 Å². The number of rotatable bonds is 3. The second-order valence-electron chi connectivity index (χ2n) is 3.97. The van der Waals surface area contributed by atoms with Gasteiger partial charge in [0.05, 0.1) is 0 Å². The minimum Gasteiger partial charge on any atom is -0.302 e. The van der Waals surface area contributed by atoms with E-state index in [0.717, 1.165) is 28.2 Å². The Hall–Kier alpha value is -1.48. The Bertz CT molecular complexity index is 507. The number of benzene rings is 1. The fraction of sp³-hybridized carbons (Fsp3) is 0.143. The molecule has 1 aliphatic carbocycles. The van der Waals surface area contributed by atoms with Crippen LogP contribution in [-0.2, 0) is 9.59 Å². The summed E-state index contributed by atoms with van der Waals surface area (Å²) >= 11 is 3.45. The van der Waals surface area contributed by atoms with Gasteiger partial charge in [-0.25, -0.2) is 0 Å². The van der Waals surface area contributed by atoms with Gasteiger partial charge in [-0.15, -0.1) is 0 Å². The summed E-state index contributed by atoms with van der Waals surface area (Å²) in [6.07, 6.45) is 7.42. The molecule has 0 fully saturated rings. The van der Waals surface area contributed by atoms with Crippen LogP contribution in [0.4, 0.5) is 0 Å². The fourth-order valence-electron chi connectivity index (χ4n) is 1.96. The number of aldehydes is 2. The van der Waals surface area contributed by atoms with E-state index in [2.05, 4.69) is 15.9 Å². The van der Waals surface area contributed by atoms with E-state index in [1.807, 2.05) is 42.5 Å². The van der Waals surface area contributed by atoms with E-state index >= 15 is 0 Å². The van der Waals surface area contributed by atoms with Crippen molar-refractivity contribution >= 4 is 34.1 Å². The van der Waals surface area contributed by atoms with Gasteiger partial charge in [0.1, 0.15) is 18.0 Å². The summed E-state index contributed by atoms with van der Waals surface area (Å²) in [5.74, 6) is 0. The highest BCUT2D eigenvalue weighted by Gasteiger charge is 2.35. The maximum absolute atomic E-state index is 11.3. The van der Waals surface area contributed by atoms with Crippen LogP contribution in [0.5, 0.6) is 0 Å². The molecule has 0 unspecified atom stereocenters. The molecule has 2 nitrogen and oxygen atoms in total. The Morgan fingerprint density at radius 3 is 2.53 bits per heavy atom. The lowest BCUT2D eigenvalue weighted by molar-refractivity contribution is -0.122. The SMILES string of the molecule is O=CC1(C=O)CC=CC=C1c1ccccc1Br. The van der Waals surface area contributed by atoms with E-state index in [4.69, 9.17) is 0 Å². The molecular formula is C14H11BrO2. The second kappa shape index (κ2) is 4.80. The molecule has 2 rings (SSSR count). The van der Waals surface area contributed by atoms with E-state index < -0.39 is 5.41 Å². The molecule has 1 aromatic carbocycles. The normalized spacial score (nSPS) is 17.4. The van der Waals surface area contributed by atoms with Gasteiger partial charge < -0.3 is 9.59 Å². The van der Waals surface area contributed by atoms with Crippen molar-refractivity contribution in [1.29, 1.82) is 0 Å². The van der Waals surface area contributed by atoms with Crippen molar-refractivity contribution in [3.63, 3.8) is 0 Å². The summed E-state index contributed by atoms with van der Waals surface area (Å²) in [5.41, 5.74) is 0.590. The first-order chi connectivity index (χ1) is 8.23. The molecule has 1 aliphatic rings. The average Bonchev–Trinajstić information content (AvgIpc) is 2.39. The van der Waals surface area contributed by atoms with Crippen molar-refractivity contribution in [2.24, 2.45) is 5.41 Å². The van der Waals surface area contributed by atoms with E-state index in [9.17, 15) is 9.59 Å². The van der Waals surface area contributed by atoms with Gasteiger partial charge in [-0.05, 0) is 23.6 Å². The molecule has 0 heterocycles. The monoisotopic (exact) mass is 290 g/mol.